The van der Waals surface area contributed by atoms with Crippen LogP contribution in [0.1, 0.15) is 16.8 Å². The van der Waals surface area contributed by atoms with E-state index in [1.165, 1.54) is 15.7 Å². The molecule has 3 aromatic heterocycles. The van der Waals surface area contributed by atoms with Gasteiger partial charge < -0.3 is 15.2 Å². The molecule has 0 bridgehead atoms. The molecule has 6 rings (SSSR count). The van der Waals surface area contributed by atoms with E-state index in [-0.39, 0.29) is 18.0 Å². The Kier molecular flexibility index (Phi) is 5.53. The highest BCUT2D eigenvalue weighted by Crippen LogP contribution is 2.26. The van der Waals surface area contributed by atoms with E-state index in [2.05, 4.69) is 32.4 Å². The fraction of sp³-hybridized carbons (Fsp3) is 0.143. The van der Waals surface area contributed by atoms with Gasteiger partial charge in [0, 0.05) is 47.6 Å². The second-order valence-corrected chi connectivity index (χ2v) is 8.88. The van der Waals surface area contributed by atoms with E-state index in [0.717, 1.165) is 22.2 Å². The second-order valence-electron chi connectivity index (χ2n) is 8.88. The number of aromatic amines is 1. The van der Waals surface area contributed by atoms with Crippen LogP contribution in [-0.4, -0.2) is 25.4 Å². The third kappa shape index (κ3) is 4.13. The van der Waals surface area contributed by atoms with Gasteiger partial charge in [0.1, 0.15) is 18.1 Å². The maximum Gasteiger partial charge on any atom is 0.277 e. The SMILES string of the molecule is O=C(Cn1c(-c2ccccc2)ncc(N2Cc3ccccc3C2)c1=O)NCc1cc2cnccc2[nH]1. The number of carbonyl (C=O) groups is 1. The van der Waals surface area contributed by atoms with Gasteiger partial charge in [-0.2, -0.15) is 0 Å². The van der Waals surface area contributed by atoms with Crippen molar-refractivity contribution in [2.75, 3.05) is 4.90 Å². The molecule has 1 aliphatic rings. The second kappa shape index (κ2) is 9.14. The van der Waals surface area contributed by atoms with Crippen LogP contribution in [0.4, 0.5) is 5.69 Å². The van der Waals surface area contributed by atoms with Crippen molar-refractivity contribution >= 4 is 22.5 Å². The fourth-order valence-corrected chi connectivity index (χ4v) is 4.69. The molecular formula is C28H24N6O2. The number of H-pyrrole nitrogens is 1. The molecule has 0 radical (unpaired) electrons. The molecule has 0 saturated carbocycles. The Labute approximate surface area is 207 Å². The molecule has 8 heteroatoms. The smallest absolute Gasteiger partial charge is 0.277 e. The Morgan fingerprint density at radius 1 is 0.972 bits per heavy atom. The predicted octanol–water partition coefficient (Wildman–Crippen LogP) is 3.62. The number of anilines is 1. The molecule has 178 valence electrons. The van der Waals surface area contributed by atoms with Crippen LogP contribution in [0.3, 0.4) is 0 Å². The zero-order valence-electron chi connectivity index (χ0n) is 19.5. The molecular weight excluding hydrogens is 452 g/mol. The number of aromatic nitrogens is 4. The summed E-state index contributed by atoms with van der Waals surface area (Å²) in [6.07, 6.45) is 5.12. The van der Waals surface area contributed by atoms with Gasteiger partial charge >= 0.3 is 0 Å². The highest BCUT2D eigenvalue weighted by molar-refractivity contribution is 5.80. The molecule has 5 aromatic rings. The van der Waals surface area contributed by atoms with E-state index in [1.807, 2.05) is 59.5 Å². The Bertz CT molecular complexity index is 1560. The summed E-state index contributed by atoms with van der Waals surface area (Å²) in [5.41, 5.74) is 5.25. The van der Waals surface area contributed by atoms with Gasteiger partial charge in [0.05, 0.1) is 12.7 Å². The molecule has 4 heterocycles. The average Bonchev–Trinajstić information content (AvgIpc) is 3.53. The van der Waals surface area contributed by atoms with E-state index in [4.69, 9.17) is 0 Å². The molecule has 1 aliphatic heterocycles. The number of hydrogen-bond acceptors (Lipinski definition) is 5. The van der Waals surface area contributed by atoms with Gasteiger partial charge in [-0.15, -0.1) is 0 Å². The number of carbonyl (C=O) groups excluding carboxylic acids is 1. The lowest BCUT2D eigenvalue weighted by Gasteiger charge is -2.20. The normalized spacial score (nSPS) is 12.6. The van der Waals surface area contributed by atoms with Crippen molar-refractivity contribution in [2.24, 2.45) is 0 Å². The topological polar surface area (TPSA) is 95.9 Å². The standard InChI is InChI=1S/C28H24N6O2/c35-26(30-14-23-12-22-13-29-11-10-24(22)32-23)18-34-27(19-6-2-1-3-7-19)31-15-25(28(34)36)33-16-20-8-4-5-9-21(20)17-33/h1-13,15,32H,14,16-18H2,(H,30,35). The number of nitrogens with zero attached hydrogens (tertiary/aromatic N) is 4. The summed E-state index contributed by atoms with van der Waals surface area (Å²) in [7, 11) is 0. The molecule has 2 N–H and O–H groups in total. The predicted molar refractivity (Wildman–Crippen MR) is 138 cm³/mol. The van der Waals surface area contributed by atoms with Crippen LogP contribution < -0.4 is 15.8 Å². The van der Waals surface area contributed by atoms with Crippen LogP contribution in [0.15, 0.2) is 90.1 Å². The monoisotopic (exact) mass is 476 g/mol. The first-order chi connectivity index (χ1) is 17.7. The van der Waals surface area contributed by atoms with Crippen molar-refractivity contribution in [3.8, 4) is 11.4 Å². The summed E-state index contributed by atoms with van der Waals surface area (Å²) in [4.78, 5) is 40.8. The Morgan fingerprint density at radius 3 is 2.47 bits per heavy atom. The van der Waals surface area contributed by atoms with Crippen molar-refractivity contribution in [3.05, 3.63) is 112 Å². The fourth-order valence-electron chi connectivity index (χ4n) is 4.69. The Hall–Kier alpha value is -4.72. The quantitative estimate of drug-likeness (QED) is 0.390. The number of rotatable bonds is 6. The summed E-state index contributed by atoms with van der Waals surface area (Å²) in [6.45, 7) is 1.46. The van der Waals surface area contributed by atoms with Gasteiger partial charge in [-0.1, -0.05) is 54.6 Å². The first-order valence-corrected chi connectivity index (χ1v) is 11.8. The van der Waals surface area contributed by atoms with Crippen LogP contribution >= 0.6 is 0 Å². The number of pyridine rings is 1. The molecule has 0 spiro atoms. The zero-order valence-corrected chi connectivity index (χ0v) is 19.5. The molecule has 0 unspecified atom stereocenters. The van der Waals surface area contributed by atoms with E-state index < -0.39 is 0 Å². The number of benzene rings is 2. The molecule has 36 heavy (non-hydrogen) atoms. The average molecular weight is 477 g/mol. The van der Waals surface area contributed by atoms with Crippen LogP contribution in [-0.2, 0) is 31.0 Å². The number of hydrogen-bond donors (Lipinski definition) is 2. The van der Waals surface area contributed by atoms with Gasteiger partial charge in [0.25, 0.3) is 5.56 Å². The van der Waals surface area contributed by atoms with Crippen LogP contribution in [0.5, 0.6) is 0 Å². The Morgan fingerprint density at radius 2 is 1.72 bits per heavy atom. The lowest BCUT2D eigenvalue weighted by molar-refractivity contribution is -0.121. The molecule has 8 nitrogen and oxygen atoms in total. The summed E-state index contributed by atoms with van der Waals surface area (Å²) >= 11 is 0. The van der Waals surface area contributed by atoms with Crippen molar-refractivity contribution in [1.82, 2.24) is 24.8 Å². The highest BCUT2D eigenvalue weighted by Gasteiger charge is 2.24. The number of nitrogens with one attached hydrogen (secondary N) is 2. The van der Waals surface area contributed by atoms with Crippen LogP contribution in [0.25, 0.3) is 22.3 Å². The van der Waals surface area contributed by atoms with Gasteiger partial charge in [-0.05, 0) is 23.3 Å². The lowest BCUT2D eigenvalue weighted by atomic mass is 10.1. The van der Waals surface area contributed by atoms with Crippen molar-refractivity contribution in [3.63, 3.8) is 0 Å². The summed E-state index contributed by atoms with van der Waals surface area (Å²) in [6, 6.07) is 21.5. The minimum atomic E-state index is -0.269. The first kappa shape index (κ1) is 21.8. The van der Waals surface area contributed by atoms with E-state index in [9.17, 15) is 9.59 Å². The highest BCUT2D eigenvalue weighted by atomic mass is 16.2. The largest absolute Gasteiger partial charge is 0.357 e. The molecule has 0 aliphatic carbocycles. The minimum absolute atomic E-state index is 0.132. The van der Waals surface area contributed by atoms with Gasteiger partial charge in [-0.3, -0.25) is 19.1 Å². The molecule has 0 atom stereocenters. The summed E-state index contributed by atoms with van der Waals surface area (Å²) in [5.74, 6) is 0.197. The van der Waals surface area contributed by atoms with Crippen LogP contribution in [0, 0.1) is 0 Å². The van der Waals surface area contributed by atoms with E-state index >= 15 is 0 Å². The molecule has 0 saturated heterocycles. The third-order valence-electron chi connectivity index (χ3n) is 6.50. The zero-order chi connectivity index (χ0) is 24.5. The van der Waals surface area contributed by atoms with Crippen molar-refractivity contribution < 1.29 is 4.79 Å². The van der Waals surface area contributed by atoms with Crippen LogP contribution in [0.2, 0.25) is 0 Å². The van der Waals surface area contributed by atoms with Crippen molar-refractivity contribution in [2.45, 2.75) is 26.2 Å². The molecule has 1 amide bonds. The van der Waals surface area contributed by atoms with E-state index in [0.29, 0.717) is 31.1 Å². The number of amides is 1. The maximum atomic E-state index is 13.7. The first-order valence-electron chi connectivity index (χ1n) is 11.8. The Balaban J connectivity index is 1.28. The number of fused-ring (bicyclic) bond motifs is 2. The van der Waals surface area contributed by atoms with Gasteiger partial charge in [0.2, 0.25) is 5.91 Å². The van der Waals surface area contributed by atoms with Gasteiger partial charge in [-0.25, -0.2) is 4.98 Å². The minimum Gasteiger partial charge on any atom is -0.357 e. The molecule has 2 aromatic carbocycles. The lowest BCUT2D eigenvalue weighted by Crippen LogP contribution is -2.36. The van der Waals surface area contributed by atoms with Crippen molar-refractivity contribution in [1.29, 1.82) is 0 Å². The third-order valence-corrected chi connectivity index (χ3v) is 6.50. The maximum absolute atomic E-state index is 13.7. The van der Waals surface area contributed by atoms with E-state index in [1.54, 1.807) is 18.6 Å². The summed E-state index contributed by atoms with van der Waals surface area (Å²) in [5, 5.41) is 3.91. The molecule has 0 fully saturated rings. The summed E-state index contributed by atoms with van der Waals surface area (Å²) < 4.78 is 1.47. The van der Waals surface area contributed by atoms with Gasteiger partial charge in [0.15, 0.2) is 0 Å².